The van der Waals surface area contributed by atoms with Crippen molar-refractivity contribution in [3.05, 3.63) is 131 Å². The number of nitrogens with zero attached hydrogens (tertiary/aromatic N) is 6. The molecule has 0 bridgehead atoms. The van der Waals surface area contributed by atoms with Gasteiger partial charge in [0.05, 0.1) is 37.3 Å². The topological polar surface area (TPSA) is 105 Å². The van der Waals surface area contributed by atoms with Crippen LogP contribution in [0.4, 0.5) is 15.8 Å². The number of halogens is 1. The summed E-state index contributed by atoms with van der Waals surface area (Å²) in [5.41, 5.74) is 6.41. The number of phenols is 1. The highest BCUT2D eigenvalue weighted by molar-refractivity contribution is 6.13. The molecule has 0 radical (unpaired) electrons. The number of aromatic nitrogens is 3. The zero-order valence-corrected chi connectivity index (χ0v) is 31.8. The highest BCUT2D eigenvalue weighted by atomic mass is 19.1. The molecule has 1 N–H and O–H groups in total. The Labute approximate surface area is 325 Å². The van der Waals surface area contributed by atoms with E-state index in [1.807, 2.05) is 58.6 Å². The van der Waals surface area contributed by atoms with Gasteiger partial charge in [-0.1, -0.05) is 24.3 Å². The number of benzene rings is 3. The highest BCUT2D eigenvalue weighted by Gasteiger charge is 2.34. The fourth-order valence-corrected chi connectivity index (χ4v) is 8.10. The number of phenolic OH excluding ortho intramolecular Hbond substituents is 1. The molecule has 12 heteroatoms. The molecule has 2 amide bonds. The predicted molar refractivity (Wildman–Crippen MR) is 213 cm³/mol. The van der Waals surface area contributed by atoms with Gasteiger partial charge < -0.3 is 28.6 Å². The molecule has 0 saturated carbocycles. The van der Waals surface area contributed by atoms with E-state index in [1.165, 1.54) is 29.8 Å². The Kier molecular flexibility index (Phi) is 10.4. The van der Waals surface area contributed by atoms with Crippen LogP contribution in [-0.4, -0.2) is 93.4 Å². The van der Waals surface area contributed by atoms with Crippen molar-refractivity contribution in [1.82, 2.24) is 23.9 Å². The first-order chi connectivity index (χ1) is 27.2. The van der Waals surface area contributed by atoms with Crippen LogP contribution in [0.5, 0.6) is 5.75 Å². The fraction of sp³-hybridized carbons (Fsp3) is 0.295. The van der Waals surface area contributed by atoms with Crippen molar-refractivity contribution in [3.63, 3.8) is 0 Å². The van der Waals surface area contributed by atoms with Gasteiger partial charge in [-0.2, -0.15) is 0 Å². The Hall–Kier alpha value is -5.82. The Morgan fingerprint density at radius 3 is 2.48 bits per heavy atom. The molecule has 1 fully saturated rings. The number of hydrogen-bond donors (Lipinski definition) is 1. The first-order valence-corrected chi connectivity index (χ1v) is 18.9. The van der Waals surface area contributed by atoms with Gasteiger partial charge in [0, 0.05) is 99.6 Å². The maximum absolute atomic E-state index is 15.4. The summed E-state index contributed by atoms with van der Waals surface area (Å²) in [6.07, 6.45) is 4.64. The number of hydrogen-bond acceptors (Lipinski definition) is 7. The van der Waals surface area contributed by atoms with E-state index >= 15 is 9.18 Å². The van der Waals surface area contributed by atoms with E-state index in [0.29, 0.717) is 85.2 Å². The number of carbonyl (C=O) groups excluding carboxylic acids is 2. The van der Waals surface area contributed by atoms with Crippen molar-refractivity contribution >= 4 is 34.2 Å². The van der Waals surface area contributed by atoms with Gasteiger partial charge in [-0.3, -0.25) is 19.4 Å². The van der Waals surface area contributed by atoms with Gasteiger partial charge in [0.25, 0.3) is 11.8 Å². The Morgan fingerprint density at radius 1 is 0.946 bits per heavy atom. The number of anilines is 2. The molecule has 0 spiro atoms. The quantitative estimate of drug-likeness (QED) is 0.171. The minimum Gasteiger partial charge on any atom is -0.508 e. The van der Waals surface area contributed by atoms with Crippen molar-refractivity contribution < 1.29 is 28.6 Å². The third-order valence-corrected chi connectivity index (χ3v) is 11.1. The van der Waals surface area contributed by atoms with Gasteiger partial charge in [0.1, 0.15) is 17.2 Å². The summed E-state index contributed by atoms with van der Waals surface area (Å²) in [4.78, 5) is 40.5. The third kappa shape index (κ3) is 7.18. The monoisotopic (exact) mass is 756 g/mol. The maximum atomic E-state index is 15.4. The van der Waals surface area contributed by atoms with Crippen molar-refractivity contribution in [2.75, 3.05) is 51.5 Å². The van der Waals surface area contributed by atoms with E-state index < -0.39 is 5.82 Å². The second kappa shape index (κ2) is 15.7. The second-order valence-electron chi connectivity index (χ2n) is 14.5. The molecular weight excluding hydrogens is 712 g/mol. The normalized spacial score (nSPS) is 15.9. The molecule has 5 heterocycles. The average molecular weight is 757 g/mol. The lowest BCUT2D eigenvalue weighted by atomic mass is 9.92. The molecule has 0 aliphatic carbocycles. The molecule has 56 heavy (non-hydrogen) atoms. The van der Waals surface area contributed by atoms with Gasteiger partial charge in [-0.15, -0.1) is 0 Å². The number of ether oxygens (including phenoxy) is 2. The van der Waals surface area contributed by atoms with Crippen LogP contribution in [0.3, 0.4) is 0 Å². The highest BCUT2D eigenvalue weighted by Crippen LogP contribution is 2.36. The second-order valence-corrected chi connectivity index (χ2v) is 14.5. The van der Waals surface area contributed by atoms with Gasteiger partial charge in [0.2, 0.25) is 0 Å². The number of pyridine rings is 1. The smallest absolute Gasteiger partial charge is 0.264 e. The van der Waals surface area contributed by atoms with E-state index in [-0.39, 0.29) is 23.6 Å². The first-order valence-electron chi connectivity index (χ1n) is 18.9. The number of rotatable bonds is 10. The van der Waals surface area contributed by atoms with Crippen LogP contribution < -0.4 is 4.90 Å². The van der Waals surface area contributed by atoms with E-state index in [0.717, 1.165) is 29.7 Å². The zero-order valence-electron chi connectivity index (χ0n) is 31.8. The lowest BCUT2D eigenvalue weighted by molar-refractivity contribution is 0.0193. The zero-order chi connectivity index (χ0) is 38.9. The van der Waals surface area contributed by atoms with Crippen molar-refractivity contribution in [2.45, 2.75) is 25.4 Å². The molecule has 3 aromatic heterocycles. The first kappa shape index (κ1) is 37.1. The minimum absolute atomic E-state index is 0.0632. The Morgan fingerprint density at radius 2 is 1.71 bits per heavy atom. The number of methoxy groups -OCH3 is 1. The van der Waals surface area contributed by atoms with Gasteiger partial charge >= 0.3 is 0 Å². The standard InChI is InChI=1S/C44H45FN6O5/c1-47-16-14-30-23-34(26-46-42(30)47)51(33-9-11-36(52)12-10-33)44(54)39-25-41(48(2)40(39)15-19-55-3)38-24-32(45)8-13-37(38)43(53)50-27-31-7-5-4-6-29(31)22-35(50)28-49-17-20-56-21-18-49/h4-14,16,23-26,35,52H,15,17-22,27-28H2,1-3H3/t35-/m0/s1. The van der Waals surface area contributed by atoms with E-state index in [2.05, 4.69) is 22.0 Å². The minimum atomic E-state index is -0.495. The summed E-state index contributed by atoms with van der Waals surface area (Å²) in [6, 6.07) is 24.4. The lowest BCUT2D eigenvalue weighted by Crippen LogP contribution is -2.52. The molecule has 0 unspecified atom stereocenters. The number of fused-ring (bicyclic) bond motifs is 2. The molecule has 2 aliphatic heterocycles. The van der Waals surface area contributed by atoms with Crippen molar-refractivity contribution in [2.24, 2.45) is 14.1 Å². The van der Waals surface area contributed by atoms with Crippen molar-refractivity contribution in [1.29, 1.82) is 0 Å². The Balaban J connectivity index is 1.22. The number of amides is 2. The lowest BCUT2D eigenvalue weighted by Gasteiger charge is -2.40. The van der Waals surface area contributed by atoms with E-state index in [9.17, 15) is 9.90 Å². The number of carbonyl (C=O) groups is 2. The number of aromatic hydroxyl groups is 1. The van der Waals surface area contributed by atoms with Crippen LogP contribution >= 0.6 is 0 Å². The van der Waals surface area contributed by atoms with E-state index in [1.54, 1.807) is 42.5 Å². The Bertz CT molecular complexity index is 2400. The van der Waals surface area contributed by atoms with Crippen LogP contribution in [0.15, 0.2) is 97.3 Å². The van der Waals surface area contributed by atoms with Gasteiger partial charge in [-0.05, 0) is 78.2 Å². The van der Waals surface area contributed by atoms with E-state index in [4.69, 9.17) is 9.47 Å². The molecule has 1 saturated heterocycles. The summed E-state index contributed by atoms with van der Waals surface area (Å²) >= 11 is 0. The average Bonchev–Trinajstić information content (AvgIpc) is 3.75. The summed E-state index contributed by atoms with van der Waals surface area (Å²) in [6.45, 7) is 4.34. The van der Waals surface area contributed by atoms with Gasteiger partial charge in [-0.25, -0.2) is 9.37 Å². The molecule has 1 atom stereocenters. The number of morpholine rings is 1. The summed E-state index contributed by atoms with van der Waals surface area (Å²) in [5, 5.41) is 11.0. The molecule has 6 aromatic rings. The third-order valence-electron chi connectivity index (χ3n) is 11.1. The van der Waals surface area contributed by atoms with Crippen LogP contribution in [0.25, 0.3) is 22.3 Å². The predicted octanol–water partition coefficient (Wildman–Crippen LogP) is 6.49. The SMILES string of the molecule is COCCc1c(C(=O)N(c2ccc(O)cc2)c2cnc3c(ccn3C)c2)cc(-c2cc(F)ccc2C(=O)N2Cc3ccccc3C[C@H]2CN2CCOCC2)n1C. The fourth-order valence-electron chi connectivity index (χ4n) is 8.10. The van der Waals surface area contributed by atoms with Crippen molar-refractivity contribution in [3.8, 4) is 17.0 Å². The molecule has 11 nitrogen and oxygen atoms in total. The summed E-state index contributed by atoms with van der Waals surface area (Å²) in [5.74, 6) is -0.990. The van der Waals surface area contributed by atoms with Crippen LogP contribution in [0, 0.1) is 5.82 Å². The summed E-state index contributed by atoms with van der Waals surface area (Å²) in [7, 11) is 5.34. The van der Waals surface area contributed by atoms with Crippen LogP contribution in [0.2, 0.25) is 0 Å². The van der Waals surface area contributed by atoms with Gasteiger partial charge in [0.15, 0.2) is 0 Å². The molecular formula is C44H45FN6O5. The van der Waals surface area contributed by atoms with Crippen LogP contribution in [-0.2, 0) is 43.0 Å². The van der Waals surface area contributed by atoms with Crippen LogP contribution in [0.1, 0.15) is 37.5 Å². The molecule has 2 aliphatic rings. The molecule has 288 valence electrons. The number of aryl methyl sites for hydroxylation is 1. The summed E-state index contributed by atoms with van der Waals surface area (Å²) < 4.78 is 30.3. The molecule has 8 rings (SSSR count). The molecule has 3 aromatic carbocycles. The largest absolute Gasteiger partial charge is 0.508 e. The maximum Gasteiger partial charge on any atom is 0.264 e.